The number of nitrogens with zero attached hydrogens (tertiary/aromatic N) is 1. The van der Waals surface area contributed by atoms with Gasteiger partial charge in [-0.25, -0.2) is 0 Å². The molecule has 0 spiro atoms. The van der Waals surface area contributed by atoms with E-state index < -0.39 is 5.92 Å². The van der Waals surface area contributed by atoms with E-state index in [1.807, 2.05) is 30.3 Å². The summed E-state index contributed by atoms with van der Waals surface area (Å²) in [6, 6.07) is 10.6. The van der Waals surface area contributed by atoms with Gasteiger partial charge in [0.05, 0.1) is 0 Å². The molecule has 38 heavy (non-hydrogen) atoms. The number of hydrogen-bond acceptors (Lipinski definition) is 5. The highest BCUT2D eigenvalue weighted by Gasteiger charge is 2.40. The third-order valence-corrected chi connectivity index (χ3v) is 8.20. The van der Waals surface area contributed by atoms with Crippen LogP contribution in [0.5, 0.6) is 0 Å². The second kappa shape index (κ2) is 17.3. The van der Waals surface area contributed by atoms with Crippen LogP contribution in [-0.2, 0) is 19.1 Å². The number of carbonyl (C=O) groups is 2. The van der Waals surface area contributed by atoms with Crippen LogP contribution >= 0.6 is 0 Å². The third kappa shape index (κ3) is 10.4. The van der Waals surface area contributed by atoms with Gasteiger partial charge in [0.1, 0.15) is 18.6 Å². The molecular formula is C33H49NO4. The first kappa shape index (κ1) is 30.2. The lowest BCUT2D eigenvalue weighted by Crippen LogP contribution is -2.44. The Morgan fingerprint density at radius 3 is 2.16 bits per heavy atom. The van der Waals surface area contributed by atoms with Crippen molar-refractivity contribution in [1.29, 1.82) is 0 Å². The van der Waals surface area contributed by atoms with Crippen molar-refractivity contribution >= 4 is 11.9 Å². The molecule has 0 N–H and O–H groups in total. The number of carbonyl (C=O) groups excluding carboxylic acids is 2. The minimum absolute atomic E-state index is 0.0272. The Morgan fingerprint density at radius 2 is 1.50 bits per heavy atom. The van der Waals surface area contributed by atoms with Gasteiger partial charge in [-0.3, -0.25) is 9.59 Å². The largest absolute Gasteiger partial charge is 0.464 e. The van der Waals surface area contributed by atoms with Crippen molar-refractivity contribution in [2.45, 2.75) is 134 Å². The molecule has 2 unspecified atom stereocenters. The standard InChI is InChI=1S/C33H49NO4/c1-3-4-5-6-7-8-9-10-11-12-13-14-18-21-32(35)37-26-31(27-19-16-15-17-20-27)33(36)38-30-24-28-22-23-29(25-30)34(28)2/h15-17,19-20,28-31H,3-10,13-14,18,21-26H2,1-2H3/t28-,29+,30?,31?. The number of hydrogen-bond donors (Lipinski definition) is 0. The normalized spacial score (nSPS) is 21.4. The van der Waals surface area contributed by atoms with Crippen LogP contribution in [0.25, 0.3) is 0 Å². The summed E-state index contributed by atoms with van der Waals surface area (Å²) in [7, 11) is 2.18. The molecule has 2 saturated heterocycles. The third-order valence-electron chi connectivity index (χ3n) is 8.20. The summed E-state index contributed by atoms with van der Waals surface area (Å²) >= 11 is 0. The molecule has 2 aliphatic rings. The Labute approximate surface area is 231 Å². The molecule has 2 heterocycles. The maximum Gasteiger partial charge on any atom is 0.317 e. The van der Waals surface area contributed by atoms with E-state index >= 15 is 0 Å². The number of esters is 2. The summed E-state index contributed by atoms with van der Waals surface area (Å²) in [5.74, 6) is 5.39. The highest BCUT2D eigenvalue weighted by Crippen LogP contribution is 2.36. The Balaban J connectivity index is 1.32. The van der Waals surface area contributed by atoms with Crippen LogP contribution < -0.4 is 0 Å². The van der Waals surface area contributed by atoms with Crippen LogP contribution in [0.15, 0.2) is 30.3 Å². The van der Waals surface area contributed by atoms with E-state index in [9.17, 15) is 9.59 Å². The molecule has 4 atom stereocenters. The predicted octanol–water partition coefficient (Wildman–Crippen LogP) is 7.19. The molecule has 1 aromatic rings. The molecule has 0 aromatic heterocycles. The first-order chi connectivity index (χ1) is 18.6. The Kier molecular flexibility index (Phi) is 13.8. The molecule has 2 aliphatic heterocycles. The highest BCUT2D eigenvalue weighted by molar-refractivity contribution is 5.79. The molecule has 0 saturated carbocycles. The van der Waals surface area contributed by atoms with Crippen LogP contribution in [0.2, 0.25) is 0 Å². The molecule has 2 fully saturated rings. The second-order valence-electron chi connectivity index (χ2n) is 11.2. The summed E-state index contributed by atoms with van der Waals surface area (Å²) in [6.07, 6.45) is 17.0. The van der Waals surface area contributed by atoms with Crippen LogP contribution in [0.3, 0.4) is 0 Å². The van der Waals surface area contributed by atoms with E-state index in [1.54, 1.807) is 0 Å². The lowest BCUT2D eigenvalue weighted by molar-refractivity contribution is -0.158. The van der Waals surface area contributed by atoms with E-state index in [-0.39, 0.29) is 24.6 Å². The van der Waals surface area contributed by atoms with Gasteiger partial charge in [0.2, 0.25) is 0 Å². The quantitative estimate of drug-likeness (QED) is 0.130. The van der Waals surface area contributed by atoms with E-state index in [2.05, 4.69) is 30.7 Å². The van der Waals surface area contributed by atoms with Gasteiger partial charge < -0.3 is 14.4 Å². The van der Waals surface area contributed by atoms with Gasteiger partial charge in [0, 0.05) is 31.3 Å². The molecule has 0 amide bonds. The van der Waals surface area contributed by atoms with Gasteiger partial charge >= 0.3 is 11.9 Å². The summed E-state index contributed by atoms with van der Waals surface area (Å²) < 4.78 is 11.5. The van der Waals surface area contributed by atoms with Crippen molar-refractivity contribution in [3.8, 4) is 11.8 Å². The fourth-order valence-corrected chi connectivity index (χ4v) is 5.77. The number of unbranched alkanes of at least 4 members (excludes halogenated alkanes) is 9. The monoisotopic (exact) mass is 523 g/mol. The number of rotatable bonds is 16. The van der Waals surface area contributed by atoms with Crippen molar-refractivity contribution < 1.29 is 19.1 Å². The minimum Gasteiger partial charge on any atom is -0.464 e. The maximum absolute atomic E-state index is 13.2. The zero-order valence-electron chi connectivity index (χ0n) is 23.8. The van der Waals surface area contributed by atoms with Crippen molar-refractivity contribution in [3.63, 3.8) is 0 Å². The fraction of sp³-hybridized carbons (Fsp3) is 0.697. The summed E-state index contributed by atoms with van der Waals surface area (Å²) in [6.45, 7) is 2.28. The molecule has 2 bridgehead atoms. The smallest absolute Gasteiger partial charge is 0.317 e. The molecule has 0 radical (unpaired) electrons. The van der Waals surface area contributed by atoms with Crippen molar-refractivity contribution in [2.75, 3.05) is 13.7 Å². The average molecular weight is 524 g/mol. The first-order valence-electron chi connectivity index (χ1n) is 15.2. The van der Waals surface area contributed by atoms with Crippen LogP contribution in [-0.4, -0.2) is 48.7 Å². The van der Waals surface area contributed by atoms with Gasteiger partial charge in [-0.2, -0.15) is 0 Å². The van der Waals surface area contributed by atoms with E-state index in [4.69, 9.17) is 9.47 Å². The van der Waals surface area contributed by atoms with Gasteiger partial charge in [-0.15, -0.1) is 11.8 Å². The van der Waals surface area contributed by atoms with Crippen LogP contribution in [0.1, 0.15) is 121 Å². The van der Waals surface area contributed by atoms with Crippen molar-refractivity contribution in [2.24, 2.45) is 0 Å². The van der Waals surface area contributed by atoms with E-state index in [0.29, 0.717) is 18.5 Å². The first-order valence-corrected chi connectivity index (χ1v) is 15.2. The highest BCUT2D eigenvalue weighted by atomic mass is 16.6. The van der Waals surface area contributed by atoms with Gasteiger partial charge in [-0.1, -0.05) is 75.8 Å². The number of fused-ring (bicyclic) bond motifs is 2. The summed E-state index contributed by atoms with van der Waals surface area (Å²) in [5, 5.41) is 0. The van der Waals surface area contributed by atoms with Gasteiger partial charge in [-0.05, 0) is 57.6 Å². The summed E-state index contributed by atoms with van der Waals surface area (Å²) in [5.41, 5.74) is 0.831. The molecule has 5 heteroatoms. The van der Waals surface area contributed by atoms with E-state index in [1.165, 1.54) is 57.8 Å². The minimum atomic E-state index is -0.588. The van der Waals surface area contributed by atoms with Crippen molar-refractivity contribution in [1.82, 2.24) is 4.90 Å². The van der Waals surface area contributed by atoms with Gasteiger partial charge in [0.25, 0.3) is 0 Å². The Bertz CT molecular complexity index is 875. The van der Waals surface area contributed by atoms with Gasteiger partial charge in [0.15, 0.2) is 0 Å². The molecule has 1 aromatic carbocycles. The molecule has 210 valence electrons. The maximum atomic E-state index is 13.2. The summed E-state index contributed by atoms with van der Waals surface area (Å²) in [4.78, 5) is 28.0. The molecule has 0 aliphatic carbocycles. The predicted molar refractivity (Wildman–Crippen MR) is 153 cm³/mol. The van der Waals surface area contributed by atoms with Crippen molar-refractivity contribution in [3.05, 3.63) is 35.9 Å². The zero-order valence-corrected chi connectivity index (χ0v) is 23.8. The number of piperidine rings is 1. The molecular weight excluding hydrogens is 474 g/mol. The number of benzene rings is 1. The number of ether oxygens (including phenoxy) is 2. The van der Waals surface area contributed by atoms with E-state index in [0.717, 1.165) is 44.1 Å². The SMILES string of the molecule is CCCCCCCCCC#CCCCCC(=O)OCC(C(=O)OC1C[C@H]2CC[C@@H](C1)N2C)c1ccccc1. The average Bonchev–Trinajstić information content (AvgIpc) is 3.11. The topological polar surface area (TPSA) is 55.8 Å². The lowest BCUT2D eigenvalue weighted by Gasteiger charge is -2.36. The zero-order chi connectivity index (χ0) is 27.0. The fourth-order valence-electron chi connectivity index (χ4n) is 5.77. The van der Waals surface area contributed by atoms with Crippen LogP contribution in [0.4, 0.5) is 0 Å². The Hall–Kier alpha value is -2.32. The van der Waals surface area contributed by atoms with Crippen LogP contribution in [0, 0.1) is 11.8 Å². The molecule has 3 rings (SSSR count). The Morgan fingerprint density at radius 1 is 0.895 bits per heavy atom. The second-order valence-corrected chi connectivity index (χ2v) is 11.2. The lowest BCUT2D eigenvalue weighted by atomic mass is 9.98. The molecule has 5 nitrogen and oxygen atoms in total.